The molecular weight excluding hydrogens is 184 g/mol. The topological polar surface area (TPSA) is 25.8 Å². The van der Waals surface area contributed by atoms with Crippen LogP contribution in [0.3, 0.4) is 0 Å². The summed E-state index contributed by atoms with van der Waals surface area (Å²) >= 11 is 0. The maximum absolute atomic E-state index is 4.37. The number of aromatic nitrogens is 2. The van der Waals surface area contributed by atoms with Gasteiger partial charge < -0.3 is 0 Å². The minimum atomic E-state index is 0.843. The number of aryl methyl sites for hydroxylation is 1. The van der Waals surface area contributed by atoms with Crippen molar-refractivity contribution in [3.05, 3.63) is 42.0 Å². The van der Waals surface area contributed by atoms with E-state index in [9.17, 15) is 0 Å². The lowest BCUT2D eigenvalue weighted by molar-refractivity contribution is 1.02. The van der Waals surface area contributed by atoms with Gasteiger partial charge in [0.15, 0.2) is 5.82 Å². The van der Waals surface area contributed by atoms with Crippen molar-refractivity contribution < 1.29 is 0 Å². The minimum Gasteiger partial charge on any atom is -0.237 e. The largest absolute Gasteiger partial charge is 0.237 e. The highest BCUT2D eigenvalue weighted by atomic mass is 14.9. The van der Waals surface area contributed by atoms with Crippen LogP contribution in [0.4, 0.5) is 0 Å². The second-order valence-corrected chi connectivity index (χ2v) is 3.16. The van der Waals surface area contributed by atoms with Crippen molar-refractivity contribution in [2.45, 2.75) is 33.6 Å². The van der Waals surface area contributed by atoms with Gasteiger partial charge in [-0.25, -0.2) is 9.97 Å². The summed E-state index contributed by atoms with van der Waals surface area (Å²) < 4.78 is 0. The van der Waals surface area contributed by atoms with Crippen molar-refractivity contribution in [2.75, 3.05) is 0 Å². The van der Waals surface area contributed by atoms with Crippen LogP contribution < -0.4 is 0 Å². The van der Waals surface area contributed by atoms with E-state index < -0.39 is 0 Å². The fourth-order valence-electron chi connectivity index (χ4n) is 1.37. The molecule has 80 valence electrons. The maximum atomic E-state index is 4.37. The average molecular weight is 202 g/mol. The molecule has 2 rings (SSSR count). The molecule has 15 heavy (non-hydrogen) atoms. The molecule has 1 aliphatic rings. The standard InChI is InChI=1S/C11H12N2.C2H6/c1-9-7-8-12-11(13-9)10-5-3-2-4-6-10;1-2/h3,5-8H,2,4H2,1H3;1-2H3. The van der Waals surface area contributed by atoms with Crippen molar-refractivity contribution in [1.82, 2.24) is 9.97 Å². The molecule has 0 saturated carbocycles. The Morgan fingerprint density at radius 2 is 2.00 bits per heavy atom. The molecule has 0 spiro atoms. The van der Waals surface area contributed by atoms with Gasteiger partial charge in [0.2, 0.25) is 0 Å². The van der Waals surface area contributed by atoms with Gasteiger partial charge in [0.25, 0.3) is 0 Å². The Bertz CT molecular complexity index is 365. The molecule has 0 atom stereocenters. The molecule has 0 fully saturated rings. The number of rotatable bonds is 1. The fraction of sp³-hybridized carbons (Fsp3) is 0.385. The molecule has 0 radical (unpaired) electrons. The summed E-state index contributed by atoms with van der Waals surface area (Å²) in [4.78, 5) is 8.60. The number of allylic oxidation sites excluding steroid dienone is 4. The monoisotopic (exact) mass is 202 g/mol. The third-order valence-electron chi connectivity index (χ3n) is 2.05. The lowest BCUT2D eigenvalue weighted by Crippen LogP contribution is -1.95. The van der Waals surface area contributed by atoms with E-state index in [1.807, 2.05) is 26.8 Å². The zero-order chi connectivity index (χ0) is 11.1. The van der Waals surface area contributed by atoms with Crippen LogP contribution in [0.1, 0.15) is 38.2 Å². The molecule has 0 bridgehead atoms. The summed E-state index contributed by atoms with van der Waals surface area (Å²) in [5.74, 6) is 0.843. The normalized spacial score (nSPS) is 13.9. The van der Waals surface area contributed by atoms with Crippen LogP contribution in [0.5, 0.6) is 0 Å². The van der Waals surface area contributed by atoms with Gasteiger partial charge in [0.1, 0.15) is 0 Å². The first-order valence-corrected chi connectivity index (χ1v) is 5.53. The first-order chi connectivity index (χ1) is 7.36. The summed E-state index contributed by atoms with van der Waals surface area (Å²) in [6, 6.07) is 1.91. The van der Waals surface area contributed by atoms with Crippen molar-refractivity contribution in [1.29, 1.82) is 0 Å². The predicted octanol–water partition coefficient (Wildman–Crippen LogP) is 3.54. The van der Waals surface area contributed by atoms with Gasteiger partial charge in [-0.3, -0.25) is 0 Å². The average Bonchev–Trinajstić information content (AvgIpc) is 2.33. The summed E-state index contributed by atoms with van der Waals surface area (Å²) in [5.41, 5.74) is 2.17. The fourth-order valence-corrected chi connectivity index (χ4v) is 1.37. The summed E-state index contributed by atoms with van der Waals surface area (Å²) in [6.07, 6.45) is 10.5. The Balaban J connectivity index is 0.000000531. The van der Waals surface area contributed by atoms with Crippen LogP contribution in [-0.2, 0) is 0 Å². The Kier molecular flexibility index (Phi) is 4.75. The number of hydrogen-bond donors (Lipinski definition) is 0. The summed E-state index contributed by atoms with van der Waals surface area (Å²) in [6.45, 7) is 5.98. The van der Waals surface area contributed by atoms with Gasteiger partial charge in [-0.2, -0.15) is 0 Å². The van der Waals surface area contributed by atoms with E-state index in [4.69, 9.17) is 0 Å². The third-order valence-corrected chi connectivity index (χ3v) is 2.05. The molecule has 2 nitrogen and oxygen atoms in total. The Labute approximate surface area is 91.8 Å². The van der Waals surface area contributed by atoms with E-state index in [1.165, 1.54) is 0 Å². The summed E-state index contributed by atoms with van der Waals surface area (Å²) in [5, 5.41) is 0. The highest BCUT2D eigenvalue weighted by Gasteiger charge is 2.03. The van der Waals surface area contributed by atoms with Gasteiger partial charge in [0, 0.05) is 17.5 Å². The van der Waals surface area contributed by atoms with Crippen LogP contribution in [0.25, 0.3) is 5.57 Å². The highest BCUT2D eigenvalue weighted by molar-refractivity contribution is 5.70. The van der Waals surface area contributed by atoms with E-state index in [0.717, 1.165) is 29.9 Å². The first-order valence-electron chi connectivity index (χ1n) is 5.53. The molecule has 0 aromatic carbocycles. The molecule has 2 heteroatoms. The van der Waals surface area contributed by atoms with Gasteiger partial charge in [0.05, 0.1) is 0 Å². The van der Waals surface area contributed by atoms with Crippen molar-refractivity contribution in [2.24, 2.45) is 0 Å². The second-order valence-electron chi connectivity index (χ2n) is 3.16. The molecule has 0 saturated heterocycles. The minimum absolute atomic E-state index is 0.843. The Hall–Kier alpha value is -1.44. The van der Waals surface area contributed by atoms with E-state index >= 15 is 0 Å². The molecule has 1 heterocycles. The lowest BCUT2D eigenvalue weighted by Gasteiger charge is -2.05. The predicted molar refractivity (Wildman–Crippen MR) is 64.5 cm³/mol. The van der Waals surface area contributed by atoms with Crippen molar-refractivity contribution >= 4 is 5.57 Å². The molecule has 0 amide bonds. The molecule has 1 aromatic rings. The van der Waals surface area contributed by atoms with Gasteiger partial charge in [-0.1, -0.05) is 32.1 Å². The van der Waals surface area contributed by atoms with Crippen LogP contribution in [0, 0.1) is 6.92 Å². The lowest BCUT2D eigenvalue weighted by atomic mass is 10.1. The Morgan fingerprint density at radius 1 is 1.20 bits per heavy atom. The first kappa shape index (κ1) is 11.6. The Morgan fingerprint density at radius 3 is 2.60 bits per heavy atom. The zero-order valence-electron chi connectivity index (χ0n) is 9.70. The third kappa shape index (κ3) is 3.31. The van der Waals surface area contributed by atoms with E-state index in [2.05, 4.69) is 28.2 Å². The van der Waals surface area contributed by atoms with Crippen LogP contribution in [0.15, 0.2) is 30.5 Å². The summed E-state index contributed by atoms with van der Waals surface area (Å²) in [7, 11) is 0. The molecule has 0 N–H and O–H groups in total. The van der Waals surface area contributed by atoms with Gasteiger partial charge >= 0.3 is 0 Å². The van der Waals surface area contributed by atoms with E-state index in [0.29, 0.717) is 0 Å². The van der Waals surface area contributed by atoms with Gasteiger partial charge in [-0.05, 0) is 25.8 Å². The SMILES string of the molecule is CC.Cc1ccnc(C2=CCCC=C2)n1. The molecule has 0 aliphatic heterocycles. The van der Waals surface area contributed by atoms with Crippen molar-refractivity contribution in [3.63, 3.8) is 0 Å². The molecule has 1 aromatic heterocycles. The highest BCUT2D eigenvalue weighted by Crippen LogP contribution is 2.17. The quantitative estimate of drug-likeness (QED) is 0.696. The van der Waals surface area contributed by atoms with E-state index in [1.54, 1.807) is 6.20 Å². The van der Waals surface area contributed by atoms with Crippen LogP contribution in [0.2, 0.25) is 0 Å². The molecule has 0 unspecified atom stereocenters. The zero-order valence-corrected chi connectivity index (χ0v) is 9.70. The number of hydrogen-bond acceptors (Lipinski definition) is 2. The van der Waals surface area contributed by atoms with Crippen LogP contribution >= 0.6 is 0 Å². The molecular formula is C13H18N2. The maximum Gasteiger partial charge on any atom is 0.159 e. The smallest absolute Gasteiger partial charge is 0.159 e. The van der Waals surface area contributed by atoms with Gasteiger partial charge in [-0.15, -0.1) is 0 Å². The second kappa shape index (κ2) is 6.12. The van der Waals surface area contributed by atoms with Crippen molar-refractivity contribution in [3.8, 4) is 0 Å². The number of nitrogens with zero attached hydrogens (tertiary/aromatic N) is 2. The van der Waals surface area contributed by atoms with Crippen LogP contribution in [-0.4, -0.2) is 9.97 Å². The molecule has 1 aliphatic carbocycles. The van der Waals surface area contributed by atoms with E-state index in [-0.39, 0.29) is 0 Å².